The van der Waals surface area contributed by atoms with Gasteiger partial charge >= 0.3 is 0 Å². The molecule has 1 aliphatic heterocycles. The summed E-state index contributed by atoms with van der Waals surface area (Å²) in [5, 5.41) is 19.9. The number of piperidine rings is 1. The molecule has 0 aromatic heterocycles. The molecule has 122 valence electrons. The maximum absolute atomic E-state index is 11.9. The molecule has 1 aromatic carbocycles. The van der Waals surface area contributed by atoms with Crippen LogP contribution in [0, 0.1) is 10.1 Å². The smallest absolute Gasteiger partial charge is 0.292 e. The predicted octanol–water partition coefficient (Wildman–Crippen LogP) is 1.69. The summed E-state index contributed by atoms with van der Waals surface area (Å²) < 4.78 is 0. The second-order valence-electron chi connectivity index (χ2n) is 4.99. The van der Waals surface area contributed by atoms with E-state index in [1.807, 2.05) is 0 Å². The third kappa shape index (κ3) is 5.16. The fourth-order valence-electron chi connectivity index (χ4n) is 2.36. The molecule has 0 aliphatic carbocycles. The van der Waals surface area contributed by atoms with Crippen LogP contribution in [0.15, 0.2) is 24.3 Å². The molecule has 3 N–H and O–H groups in total. The van der Waals surface area contributed by atoms with Crippen LogP contribution in [0.4, 0.5) is 11.4 Å². The van der Waals surface area contributed by atoms with Crippen LogP contribution in [0.3, 0.4) is 0 Å². The summed E-state index contributed by atoms with van der Waals surface area (Å²) in [5.41, 5.74) is 0.505. The highest BCUT2D eigenvalue weighted by atomic mass is 35.5. The van der Waals surface area contributed by atoms with Crippen molar-refractivity contribution < 1.29 is 9.72 Å². The molecule has 0 radical (unpaired) electrons. The second-order valence-corrected chi connectivity index (χ2v) is 4.99. The van der Waals surface area contributed by atoms with Crippen molar-refractivity contribution in [2.75, 3.05) is 25.0 Å². The molecule has 0 saturated carbocycles. The first-order valence-corrected chi connectivity index (χ1v) is 7.17. The fourth-order valence-corrected chi connectivity index (χ4v) is 2.36. The molecule has 0 spiro atoms. The number of carbonyl (C=O) groups excluding carboxylic acids is 1. The van der Waals surface area contributed by atoms with Crippen LogP contribution in [0.2, 0.25) is 0 Å². The van der Waals surface area contributed by atoms with Crippen molar-refractivity contribution in [3.05, 3.63) is 34.4 Å². The first kappa shape index (κ1) is 18.2. The third-order valence-electron chi connectivity index (χ3n) is 3.47. The van der Waals surface area contributed by atoms with E-state index in [1.165, 1.54) is 6.07 Å². The summed E-state index contributed by atoms with van der Waals surface area (Å²) in [7, 11) is 0. The van der Waals surface area contributed by atoms with E-state index in [9.17, 15) is 14.9 Å². The Balaban J connectivity index is 0.00000242. The molecule has 1 atom stereocenters. The lowest BCUT2D eigenvalue weighted by atomic mass is 10.0. The van der Waals surface area contributed by atoms with Gasteiger partial charge in [0, 0.05) is 19.2 Å². The van der Waals surface area contributed by atoms with Crippen molar-refractivity contribution in [1.82, 2.24) is 10.6 Å². The number of anilines is 1. The molecular formula is C14H21ClN4O3. The highest BCUT2D eigenvalue weighted by molar-refractivity contribution is 5.85. The van der Waals surface area contributed by atoms with E-state index in [-0.39, 0.29) is 30.0 Å². The van der Waals surface area contributed by atoms with Gasteiger partial charge < -0.3 is 16.0 Å². The minimum absolute atomic E-state index is 0. The van der Waals surface area contributed by atoms with Gasteiger partial charge in [0.25, 0.3) is 5.69 Å². The Kier molecular flexibility index (Phi) is 7.62. The van der Waals surface area contributed by atoms with Gasteiger partial charge in [0.1, 0.15) is 5.69 Å². The SMILES string of the molecule is Cl.O=C(NCCNc1ccccc1[N+](=O)[O-])C1CCCCN1. The number of nitrogens with zero attached hydrogens (tertiary/aromatic N) is 1. The normalized spacial score (nSPS) is 17.2. The molecular weight excluding hydrogens is 308 g/mol. The Morgan fingerprint density at radius 2 is 2.09 bits per heavy atom. The van der Waals surface area contributed by atoms with Crippen LogP contribution in [-0.2, 0) is 4.79 Å². The number of halogens is 1. The van der Waals surface area contributed by atoms with E-state index in [1.54, 1.807) is 18.2 Å². The standard InChI is InChI=1S/C14H20N4O3.ClH/c19-14(12-6-3-4-8-15-12)17-10-9-16-11-5-1-2-7-13(11)18(20)21;/h1-2,5,7,12,15-16H,3-4,6,8-10H2,(H,17,19);1H. The van der Waals surface area contributed by atoms with E-state index in [0.29, 0.717) is 18.8 Å². The van der Waals surface area contributed by atoms with E-state index in [2.05, 4.69) is 16.0 Å². The Morgan fingerprint density at radius 1 is 1.32 bits per heavy atom. The molecule has 1 fully saturated rings. The van der Waals surface area contributed by atoms with Crippen LogP contribution in [0.25, 0.3) is 0 Å². The summed E-state index contributed by atoms with van der Waals surface area (Å²) in [6.07, 6.45) is 3.05. The van der Waals surface area contributed by atoms with Crippen LogP contribution >= 0.6 is 12.4 Å². The van der Waals surface area contributed by atoms with Crippen LogP contribution in [0.5, 0.6) is 0 Å². The number of benzene rings is 1. The zero-order valence-corrected chi connectivity index (χ0v) is 13.0. The van der Waals surface area contributed by atoms with Gasteiger partial charge in [-0.15, -0.1) is 12.4 Å². The van der Waals surface area contributed by atoms with Crippen LogP contribution in [0.1, 0.15) is 19.3 Å². The number of rotatable bonds is 6. The fraction of sp³-hybridized carbons (Fsp3) is 0.500. The Morgan fingerprint density at radius 3 is 2.77 bits per heavy atom. The number of nitro benzene ring substituents is 1. The average Bonchev–Trinajstić information content (AvgIpc) is 2.52. The van der Waals surface area contributed by atoms with Crippen LogP contribution in [-0.4, -0.2) is 36.5 Å². The van der Waals surface area contributed by atoms with Gasteiger partial charge in [-0.1, -0.05) is 18.6 Å². The van der Waals surface area contributed by atoms with E-state index in [4.69, 9.17) is 0 Å². The lowest BCUT2D eigenvalue weighted by molar-refractivity contribution is -0.384. The minimum Gasteiger partial charge on any atom is -0.378 e. The topological polar surface area (TPSA) is 96.3 Å². The number of para-hydroxylation sites is 2. The molecule has 2 rings (SSSR count). The number of nitro groups is 1. The molecule has 1 saturated heterocycles. The van der Waals surface area contributed by atoms with Crippen molar-refractivity contribution >= 4 is 29.7 Å². The van der Waals surface area contributed by atoms with E-state index >= 15 is 0 Å². The second kappa shape index (κ2) is 9.22. The molecule has 1 unspecified atom stereocenters. The van der Waals surface area contributed by atoms with Gasteiger partial charge in [-0.05, 0) is 25.5 Å². The summed E-state index contributed by atoms with van der Waals surface area (Å²) in [6, 6.07) is 6.36. The monoisotopic (exact) mass is 328 g/mol. The number of amides is 1. The Bertz CT molecular complexity index is 507. The maximum Gasteiger partial charge on any atom is 0.292 e. The van der Waals surface area contributed by atoms with Gasteiger partial charge in [-0.25, -0.2) is 0 Å². The lowest BCUT2D eigenvalue weighted by Crippen LogP contribution is -2.47. The van der Waals surface area contributed by atoms with Gasteiger partial charge in [-0.2, -0.15) is 0 Å². The highest BCUT2D eigenvalue weighted by Crippen LogP contribution is 2.22. The zero-order chi connectivity index (χ0) is 15.1. The molecule has 1 heterocycles. The number of hydrogen-bond acceptors (Lipinski definition) is 5. The maximum atomic E-state index is 11.9. The average molecular weight is 329 g/mol. The predicted molar refractivity (Wildman–Crippen MR) is 87.5 cm³/mol. The van der Waals surface area contributed by atoms with Crippen molar-refractivity contribution in [2.45, 2.75) is 25.3 Å². The van der Waals surface area contributed by atoms with Crippen molar-refractivity contribution in [2.24, 2.45) is 0 Å². The summed E-state index contributed by atoms with van der Waals surface area (Å²) >= 11 is 0. The highest BCUT2D eigenvalue weighted by Gasteiger charge is 2.19. The number of hydrogen-bond donors (Lipinski definition) is 3. The molecule has 1 amide bonds. The largest absolute Gasteiger partial charge is 0.378 e. The number of nitrogens with one attached hydrogen (secondary N) is 3. The van der Waals surface area contributed by atoms with Gasteiger partial charge in [0.05, 0.1) is 11.0 Å². The van der Waals surface area contributed by atoms with Crippen LogP contribution < -0.4 is 16.0 Å². The number of carbonyl (C=O) groups is 1. The quantitative estimate of drug-likeness (QED) is 0.419. The van der Waals surface area contributed by atoms with Crippen molar-refractivity contribution in [3.63, 3.8) is 0 Å². The summed E-state index contributed by atoms with van der Waals surface area (Å²) in [4.78, 5) is 22.3. The third-order valence-corrected chi connectivity index (χ3v) is 3.47. The molecule has 22 heavy (non-hydrogen) atoms. The molecule has 0 bridgehead atoms. The van der Waals surface area contributed by atoms with Gasteiger partial charge in [-0.3, -0.25) is 14.9 Å². The first-order chi connectivity index (χ1) is 10.2. The molecule has 8 heteroatoms. The van der Waals surface area contributed by atoms with E-state index in [0.717, 1.165) is 25.8 Å². The molecule has 1 aliphatic rings. The van der Waals surface area contributed by atoms with Crippen molar-refractivity contribution in [3.8, 4) is 0 Å². The first-order valence-electron chi connectivity index (χ1n) is 7.17. The van der Waals surface area contributed by atoms with Crippen molar-refractivity contribution in [1.29, 1.82) is 0 Å². The van der Waals surface area contributed by atoms with Gasteiger partial charge in [0.2, 0.25) is 5.91 Å². The Labute approximate surface area is 135 Å². The van der Waals surface area contributed by atoms with E-state index < -0.39 is 4.92 Å². The zero-order valence-electron chi connectivity index (χ0n) is 12.2. The Hall–Kier alpha value is -1.86. The lowest BCUT2D eigenvalue weighted by Gasteiger charge is -2.22. The molecule has 1 aromatic rings. The van der Waals surface area contributed by atoms with Gasteiger partial charge in [0.15, 0.2) is 0 Å². The summed E-state index contributed by atoms with van der Waals surface area (Å²) in [5.74, 6) is -0.000869. The molecule has 7 nitrogen and oxygen atoms in total. The summed E-state index contributed by atoms with van der Waals surface area (Å²) in [6.45, 7) is 1.76. The minimum atomic E-state index is -0.424.